The lowest BCUT2D eigenvalue weighted by Crippen LogP contribution is -2.61. The van der Waals surface area contributed by atoms with Crippen molar-refractivity contribution in [1.29, 1.82) is 0 Å². The summed E-state index contributed by atoms with van der Waals surface area (Å²) < 4.78 is 2.72. The minimum Gasteiger partial charge on any atom is -0.376 e. The topological polar surface area (TPSA) is 11.4 Å². The Morgan fingerprint density at radius 3 is 1.79 bits per heavy atom. The quantitative estimate of drug-likeness (QED) is 0.116. The van der Waals surface area contributed by atoms with Gasteiger partial charge in [-0.25, -0.2) is 0 Å². The molecule has 370 valence electrons. The molecule has 7 aliphatic rings. The van der Waals surface area contributed by atoms with Gasteiger partial charge in [0.1, 0.15) is 0 Å². The Bertz CT molecular complexity index is 4200. The van der Waals surface area contributed by atoms with Gasteiger partial charge in [0.15, 0.2) is 0 Å². The first kappa shape index (κ1) is 44.1. The van der Waals surface area contributed by atoms with Crippen molar-refractivity contribution in [2.75, 3.05) is 9.71 Å². The third kappa shape index (κ3) is 6.33. The summed E-state index contributed by atoms with van der Waals surface area (Å²) in [6, 6.07) is 75.0. The van der Waals surface area contributed by atoms with Crippen molar-refractivity contribution in [3.05, 3.63) is 240 Å². The molecule has 9 aromatic carbocycles. The number of fused-ring (bicyclic) bond motifs is 12. The summed E-state index contributed by atoms with van der Waals surface area (Å²) in [6.07, 6.45) is 12.4. The number of aromatic nitrogens is 1. The minimum absolute atomic E-state index is 0.0219. The molecule has 1 aromatic heterocycles. The number of rotatable bonds is 7. The predicted molar refractivity (Wildman–Crippen MR) is 323 cm³/mol. The second-order valence-corrected chi connectivity index (χ2v) is 25.0. The molecule has 0 saturated heterocycles. The van der Waals surface area contributed by atoms with E-state index in [1.807, 2.05) is 0 Å². The zero-order chi connectivity index (χ0) is 51.1. The largest absolute Gasteiger partial charge is 0.376 e. The molecule has 2 aliphatic heterocycles. The first-order valence-corrected chi connectivity index (χ1v) is 28.4. The maximum Gasteiger partial charge on any atom is 0.333 e. The van der Waals surface area contributed by atoms with Crippen LogP contribution in [0.25, 0.3) is 60.9 Å². The highest BCUT2D eigenvalue weighted by Crippen LogP contribution is 2.58. The van der Waals surface area contributed by atoms with Crippen LogP contribution in [-0.4, -0.2) is 11.4 Å². The van der Waals surface area contributed by atoms with E-state index >= 15 is 0 Å². The molecule has 4 unspecified atom stereocenters. The molecule has 3 heterocycles. The van der Waals surface area contributed by atoms with Crippen LogP contribution < -0.4 is 20.6 Å². The second-order valence-electron chi connectivity index (χ2n) is 25.0. The summed E-state index contributed by atoms with van der Waals surface area (Å²) in [5, 5.41) is 2.77. The van der Waals surface area contributed by atoms with Crippen molar-refractivity contribution in [3.8, 4) is 39.1 Å². The fraction of sp³-hybridized carbons (Fsp3) is 0.205. The van der Waals surface area contributed by atoms with E-state index in [9.17, 15) is 0 Å². The number of anilines is 5. The molecule has 0 amide bonds. The molecular weight excluding hydrogens is 930 g/mol. The summed E-state index contributed by atoms with van der Waals surface area (Å²) >= 11 is 0. The molecular formula is C73H60BN3. The van der Waals surface area contributed by atoms with E-state index in [2.05, 4.69) is 248 Å². The van der Waals surface area contributed by atoms with E-state index < -0.39 is 0 Å². The van der Waals surface area contributed by atoms with E-state index in [-0.39, 0.29) is 23.1 Å². The molecule has 4 atom stereocenters. The van der Waals surface area contributed by atoms with Gasteiger partial charge in [0.05, 0.1) is 11.0 Å². The monoisotopic (exact) mass is 989 g/mol. The van der Waals surface area contributed by atoms with Gasteiger partial charge in [-0.05, 0) is 201 Å². The third-order valence-electron chi connectivity index (χ3n) is 20.0. The normalized spacial score (nSPS) is 22.3. The highest BCUT2D eigenvalue weighted by Gasteiger charge is 2.49. The maximum absolute atomic E-state index is 2.77. The molecule has 0 bridgehead atoms. The number of para-hydroxylation sites is 2. The Morgan fingerprint density at radius 1 is 0.481 bits per heavy atom. The van der Waals surface area contributed by atoms with Crippen molar-refractivity contribution in [2.24, 2.45) is 11.8 Å². The van der Waals surface area contributed by atoms with E-state index in [4.69, 9.17) is 0 Å². The van der Waals surface area contributed by atoms with E-state index in [1.165, 1.54) is 131 Å². The van der Waals surface area contributed by atoms with Gasteiger partial charge in [-0.15, -0.1) is 0 Å². The van der Waals surface area contributed by atoms with Gasteiger partial charge in [-0.1, -0.05) is 166 Å². The molecule has 5 aliphatic carbocycles. The van der Waals surface area contributed by atoms with Crippen LogP contribution in [0.4, 0.5) is 28.4 Å². The summed E-state index contributed by atoms with van der Waals surface area (Å²) in [5.74, 6) is 1.45. The summed E-state index contributed by atoms with van der Waals surface area (Å²) in [6.45, 7) is 9.87. The van der Waals surface area contributed by atoms with Crippen molar-refractivity contribution < 1.29 is 0 Å². The third-order valence-corrected chi connectivity index (χ3v) is 20.0. The zero-order valence-corrected chi connectivity index (χ0v) is 44.4. The van der Waals surface area contributed by atoms with Crippen molar-refractivity contribution in [2.45, 2.75) is 82.5 Å². The van der Waals surface area contributed by atoms with Gasteiger partial charge in [0.2, 0.25) is 0 Å². The van der Waals surface area contributed by atoms with Crippen LogP contribution in [0.2, 0.25) is 0 Å². The first-order chi connectivity index (χ1) is 37.6. The SMILES string of the molecule is CC1(c2ccc3c(c2)c2cc(C4(C)CC=C5CC5C4)cc4c2n3-c2cc(N(c3ccccc3)c3ccccc3)cc3c2B4N(c2ccc(-c4ccccc4)cc2)c2cc4c(cc2-3)-c2ccccc2C4(C)C)CC=C2CC2C1. The van der Waals surface area contributed by atoms with Crippen LogP contribution in [0.5, 0.6) is 0 Å². The average molecular weight is 990 g/mol. The minimum atomic E-state index is -0.186. The van der Waals surface area contributed by atoms with E-state index in [0.29, 0.717) is 5.92 Å². The van der Waals surface area contributed by atoms with Crippen LogP contribution in [-0.2, 0) is 16.2 Å². The van der Waals surface area contributed by atoms with Crippen LogP contribution in [0.15, 0.2) is 217 Å². The number of nitrogens with zero attached hydrogens (tertiary/aromatic N) is 3. The van der Waals surface area contributed by atoms with Crippen molar-refractivity contribution in [3.63, 3.8) is 0 Å². The Morgan fingerprint density at radius 2 is 1.10 bits per heavy atom. The van der Waals surface area contributed by atoms with Gasteiger partial charge in [0, 0.05) is 55.9 Å². The lowest BCUT2D eigenvalue weighted by atomic mass is 9.43. The summed E-state index contributed by atoms with van der Waals surface area (Å²) in [7, 11) is 0. The van der Waals surface area contributed by atoms with Crippen LogP contribution in [0.1, 0.15) is 88.5 Å². The van der Waals surface area contributed by atoms with Crippen LogP contribution in [0.3, 0.4) is 0 Å². The predicted octanol–water partition coefficient (Wildman–Crippen LogP) is 17.5. The van der Waals surface area contributed by atoms with Gasteiger partial charge in [-0.3, -0.25) is 0 Å². The molecule has 0 spiro atoms. The average Bonchev–Trinajstić information content (AvgIpc) is 4.09. The molecule has 77 heavy (non-hydrogen) atoms. The van der Waals surface area contributed by atoms with E-state index in [1.54, 1.807) is 11.1 Å². The highest BCUT2D eigenvalue weighted by molar-refractivity contribution is 6.93. The number of benzene rings is 9. The van der Waals surface area contributed by atoms with Crippen LogP contribution in [0, 0.1) is 11.8 Å². The molecule has 10 aromatic rings. The molecule has 3 nitrogen and oxygen atoms in total. The Hall–Kier alpha value is -8.08. The number of allylic oxidation sites excluding steroid dienone is 4. The summed E-state index contributed by atoms with van der Waals surface area (Å²) in [4.78, 5) is 5.26. The van der Waals surface area contributed by atoms with Gasteiger partial charge in [-0.2, -0.15) is 0 Å². The lowest BCUT2D eigenvalue weighted by Gasteiger charge is -2.44. The van der Waals surface area contributed by atoms with Gasteiger partial charge >= 0.3 is 6.85 Å². The molecule has 4 heteroatoms. The van der Waals surface area contributed by atoms with Gasteiger partial charge in [0.25, 0.3) is 0 Å². The van der Waals surface area contributed by atoms with Crippen LogP contribution >= 0.6 is 0 Å². The van der Waals surface area contributed by atoms with Crippen molar-refractivity contribution in [1.82, 2.24) is 4.57 Å². The highest BCUT2D eigenvalue weighted by atomic mass is 15.2. The van der Waals surface area contributed by atoms with Crippen molar-refractivity contribution >= 4 is 68.0 Å². The second kappa shape index (κ2) is 15.5. The van der Waals surface area contributed by atoms with E-state index in [0.717, 1.165) is 35.8 Å². The molecule has 2 fully saturated rings. The number of hydrogen-bond acceptors (Lipinski definition) is 2. The maximum atomic E-state index is 2.77. The molecule has 17 rings (SSSR count). The van der Waals surface area contributed by atoms with Gasteiger partial charge < -0.3 is 14.3 Å². The molecule has 0 N–H and O–H groups in total. The fourth-order valence-corrected chi connectivity index (χ4v) is 15.7. The summed E-state index contributed by atoms with van der Waals surface area (Å²) in [5.41, 5.74) is 29.3. The number of hydrogen-bond donors (Lipinski definition) is 0. The lowest BCUT2D eigenvalue weighted by molar-refractivity contribution is 0.407. The standard InChI is InChI=1S/C73H60BN3/c1-71(2)63-23-15-14-22-57(63)58-41-60-61-39-56(75(53-18-10-6-11-19-53)54-20-12-7-13-21-54)40-68-69(61)74(77(67(60)42-64(58)71)55-27-24-46(25-28-55)45-16-8-5-9-17-45)65-38-52(73(4)33-31-48-35-50(48)44-73)37-62-59-36-51(26-29-66(59)76(68)70(62)65)72(3)32-30-47-34-49(47)43-72/h5-31,36-42,49-50H,32-35,43-44H2,1-4H3. The molecule has 2 saturated carbocycles. The Kier molecular flexibility index (Phi) is 8.90. The zero-order valence-electron chi connectivity index (χ0n) is 44.4. The fourth-order valence-electron chi connectivity index (χ4n) is 15.7. The first-order valence-electron chi connectivity index (χ1n) is 28.4. The Labute approximate surface area is 452 Å². The smallest absolute Gasteiger partial charge is 0.333 e. The Balaban J connectivity index is 1.01. The molecule has 0 radical (unpaired) electrons.